The third-order valence-corrected chi connectivity index (χ3v) is 3.13. The number of hydrogen-bond acceptors (Lipinski definition) is 6. The number of carbonyl (C=O) groups excluding carboxylic acids is 1. The van der Waals surface area contributed by atoms with E-state index in [1.54, 1.807) is 6.92 Å². The van der Waals surface area contributed by atoms with Gasteiger partial charge in [-0.25, -0.2) is 14.2 Å². The maximum atomic E-state index is 14.1. The Morgan fingerprint density at radius 1 is 1.31 bits per heavy atom. The number of phenols is 2. The van der Waals surface area contributed by atoms with Crippen LogP contribution in [0.4, 0.5) is 14.9 Å². The molecule has 2 amide bonds. The van der Waals surface area contributed by atoms with Gasteiger partial charge in [0.25, 0.3) is 5.91 Å². The van der Waals surface area contributed by atoms with Gasteiger partial charge in [0.15, 0.2) is 11.5 Å². The Balaban J connectivity index is 2.04. The number of benzene rings is 1. The van der Waals surface area contributed by atoms with Crippen molar-refractivity contribution in [2.75, 3.05) is 11.9 Å². The van der Waals surface area contributed by atoms with E-state index < -0.39 is 35.3 Å². The molecule has 9 nitrogen and oxygen atoms in total. The molecule has 0 saturated heterocycles. The first kappa shape index (κ1) is 18.8. The Hall–Kier alpha value is -3.56. The van der Waals surface area contributed by atoms with Gasteiger partial charge in [-0.1, -0.05) is 0 Å². The van der Waals surface area contributed by atoms with Crippen LogP contribution in [0.15, 0.2) is 30.5 Å². The van der Waals surface area contributed by atoms with Gasteiger partial charge in [0.05, 0.1) is 17.9 Å². The van der Waals surface area contributed by atoms with Gasteiger partial charge in [-0.2, -0.15) is 0 Å². The van der Waals surface area contributed by atoms with Crippen molar-refractivity contribution in [3.8, 4) is 17.2 Å². The normalized spacial score (nSPS) is 11.5. The van der Waals surface area contributed by atoms with E-state index in [0.717, 1.165) is 18.3 Å². The number of amides is 2. The second-order valence-corrected chi connectivity index (χ2v) is 5.32. The molecule has 138 valence electrons. The van der Waals surface area contributed by atoms with Gasteiger partial charge in [-0.15, -0.1) is 0 Å². The fraction of sp³-hybridized carbons (Fsp3) is 0.188. The quantitative estimate of drug-likeness (QED) is 0.389. The number of halogens is 1. The lowest BCUT2D eigenvalue weighted by Gasteiger charge is -2.13. The van der Waals surface area contributed by atoms with Crippen LogP contribution in [0.3, 0.4) is 0 Å². The number of nitrogens with zero attached hydrogens (tertiary/aromatic N) is 1. The van der Waals surface area contributed by atoms with E-state index in [9.17, 15) is 24.2 Å². The summed E-state index contributed by atoms with van der Waals surface area (Å²) >= 11 is 0. The van der Waals surface area contributed by atoms with Gasteiger partial charge in [-0.05, 0) is 19.1 Å². The Morgan fingerprint density at radius 3 is 2.65 bits per heavy atom. The van der Waals surface area contributed by atoms with E-state index in [1.165, 1.54) is 12.1 Å². The molecule has 2 aromatic rings. The number of anilines is 1. The highest BCUT2D eigenvalue weighted by atomic mass is 19.1. The standard InChI is InChI=1S/C16H16FN3O6/c1-8(19-16(24)25)7-26-10-5-11(17)14(18-6-10)15(23)20-12-3-2-9(21)4-13(12)22/h2-6,8,19,21-22H,7H2,1H3,(H,20,23)(H,24,25)/t8-/m0/s1. The molecule has 0 unspecified atom stereocenters. The minimum atomic E-state index is -1.21. The van der Waals surface area contributed by atoms with Crippen LogP contribution >= 0.6 is 0 Å². The molecule has 10 heteroatoms. The molecule has 0 radical (unpaired) electrons. The van der Waals surface area contributed by atoms with Crippen molar-refractivity contribution in [1.82, 2.24) is 10.3 Å². The number of carboxylic acid groups (broad SMARTS) is 1. The molecule has 0 spiro atoms. The average Bonchev–Trinajstić information content (AvgIpc) is 2.55. The highest BCUT2D eigenvalue weighted by Gasteiger charge is 2.17. The number of hydrogen-bond donors (Lipinski definition) is 5. The largest absolute Gasteiger partial charge is 0.508 e. The van der Waals surface area contributed by atoms with Crippen molar-refractivity contribution >= 4 is 17.7 Å². The van der Waals surface area contributed by atoms with Crippen molar-refractivity contribution in [2.24, 2.45) is 0 Å². The summed E-state index contributed by atoms with van der Waals surface area (Å²) in [6.07, 6.45) is -0.0998. The van der Waals surface area contributed by atoms with Gasteiger partial charge in [-0.3, -0.25) is 4.79 Å². The van der Waals surface area contributed by atoms with Gasteiger partial charge in [0.2, 0.25) is 0 Å². The Labute approximate surface area is 147 Å². The summed E-state index contributed by atoms with van der Waals surface area (Å²) in [6.45, 7) is 1.50. The van der Waals surface area contributed by atoms with E-state index in [1.807, 2.05) is 0 Å². The number of aromatic nitrogens is 1. The molecule has 5 N–H and O–H groups in total. The number of rotatable bonds is 6. The second kappa shape index (κ2) is 8.01. The van der Waals surface area contributed by atoms with E-state index in [-0.39, 0.29) is 23.8 Å². The molecule has 0 fully saturated rings. The van der Waals surface area contributed by atoms with E-state index in [2.05, 4.69) is 15.6 Å². The first-order valence-corrected chi connectivity index (χ1v) is 7.37. The second-order valence-electron chi connectivity index (χ2n) is 5.32. The maximum absolute atomic E-state index is 14.1. The van der Waals surface area contributed by atoms with Crippen LogP contribution in [0.2, 0.25) is 0 Å². The number of nitrogens with one attached hydrogen (secondary N) is 2. The van der Waals surface area contributed by atoms with Crippen LogP contribution in [-0.2, 0) is 0 Å². The first-order chi connectivity index (χ1) is 12.3. The monoisotopic (exact) mass is 365 g/mol. The molecule has 0 aliphatic carbocycles. The van der Waals surface area contributed by atoms with Crippen LogP contribution in [0.25, 0.3) is 0 Å². The molecule has 0 bridgehead atoms. The fourth-order valence-electron chi connectivity index (χ4n) is 1.95. The maximum Gasteiger partial charge on any atom is 0.404 e. The van der Waals surface area contributed by atoms with Crippen molar-refractivity contribution in [1.29, 1.82) is 0 Å². The van der Waals surface area contributed by atoms with Crippen LogP contribution in [0, 0.1) is 5.82 Å². The lowest BCUT2D eigenvalue weighted by molar-refractivity contribution is 0.101. The SMILES string of the molecule is C[C@@H](COc1cnc(C(=O)Nc2ccc(O)cc2O)c(F)c1)NC(=O)O. The summed E-state index contributed by atoms with van der Waals surface area (Å²) < 4.78 is 19.3. The number of carbonyl (C=O) groups is 2. The molecule has 1 atom stereocenters. The van der Waals surface area contributed by atoms with Gasteiger partial charge in [0.1, 0.15) is 23.9 Å². The average molecular weight is 365 g/mol. The number of pyridine rings is 1. The van der Waals surface area contributed by atoms with Crippen molar-refractivity contribution in [3.63, 3.8) is 0 Å². The zero-order valence-electron chi connectivity index (χ0n) is 13.6. The first-order valence-electron chi connectivity index (χ1n) is 7.37. The van der Waals surface area contributed by atoms with Crippen LogP contribution in [0.5, 0.6) is 17.2 Å². The predicted molar refractivity (Wildman–Crippen MR) is 88.0 cm³/mol. The number of ether oxygens (including phenoxy) is 1. The highest BCUT2D eigenvalue weighted by molar-refractivity contribution is 6.03. The van der Waals surface area contributed by atoms with E-state index in [4.69, 9.17) is 9.84 Å². The number of aromatic hydroxyl groups is 2. The van der Waals surface area contributed by atoms with E-state index in [0.29, 0.717) is 0 Å². The van der Waals surface area contributed by atoms with Crippen LogP contribution < -0.4 is 15.4 Å². The summed E-state index contributed by atoms with van der Waals surface area (Å²) in [5.74, 6) is -2.44. The topological polar surface area (TPSA) is 141 Å². The van der Waals surface area contributed by atoms with Gasteiger partial charge in [0, 0.05) is 12.1 Å². The number of phenolic OH excluding ortho intramolecular Hbond substituents is 2. The van der Waals surface area contributed by atoms with Crippen LogP contribution in [0.1, 0.15) is 17.4 Å². The molecule has 0 saturated carbocycles. The van der Waals surface area contributed by atoms with Crippen molar-refractivity contribution in [3.05, 3.63) is 42.0 Å². The third kappa shape index (κ3) is 4.97. The summed E-state index contributed by atoms with van der Waals surface area (Å²) in [7, 11) is 0. The minimum Gasteiger partial charge on any atom is -0.508 e. The minimum absolute atomic E-state index is 0.0190. The Kier molecular flexibility index (Phi) is 5.78. The smallest absolute Gasteiger partial charge is 0.404 e. The lowest BCUT2D eigenvalue weighted by atomic mass is 10.2. The molecular formula is C16H16FN3O6. The van der Waals surface area contributed by atoms with E-state index >= 15 is 0 Å². The molecule has 1 aromatic carbocycles. The molecule has 1 aromatic heterocycles. The molecule has 0 aliphatic rings. The fourth-order valence-corrected chi connectivity index (χ4v) is 1.95. The zero-order chi connectivity index (χ0) is 19.3. The summed E-state index contributed by atoms with van der Waals surface area (Å²) in [4.78, 5) is 26.2. The Morgan fingerprint density at radius 2 is 2.04 bits per heavy atom. The highest BCUT2D eigenvalue weighted by Crippen LogP contribution is 2.27. The van der Waals surface area contributed by atoms with Gasteiger partial charge < -0.3 is 30.7 Å². The van der Waals surface area contributed by atoms with Gasteiger partial charge >= 0.3 is 6.09 Å². The van der Waals surface area contributed by atoms with Crippen molar-refractivity contribution < 1.29 is 34.0 Å². The summed E-state index contributed by atoms with van der Waals surface area (Å²) in [5.41, 5.74) is -0.551. The molecule has 26 heavy (non-hydrogen) atoms. The molecule has 0 aliphatic heterocycles. The lowest BCUT2D eigenvalue weighted by Crippen LogP contribution is -2.35. The molecule has 2 rings (SSSR count). The zero-order valence-corrected chi connectivity index (χ0v) is 13.6. The summed E-state index contributed by atoms with van der Waals surface area (Å²) in [5, 5.41) is 31.8. The predicted octanol–water partition coefficient (Wildman–Crippen LogP) is 1.92. The van der Waals surface area contributed by atoms with Crippen LogP contribution in [-0.4, -0.2) is 45.0 Å². The Bertz CT molecular complexity index is 830. The van der Waals surface area contributed by atoms with Crippen molar-refractivity contribution in [2.45, 2.75) is 13.0 Å². The molecular weight excluding hydrogens is 349 g/mol. The third-order valence-electron chi connectivity index (χ3n) is 3.13. The molecule has 1 heterocycles. The summed E-state index contributed by atoms with van der Waals surface area (Å²) in [6, 6.07) is 3.90.